The molecular formula is C30H44N4. The third kappa shape index (κ3) is 9.11. The highest BCUT2D eigenvalue weighted by molar-refractivity contribution is 5.57. The van der Waals surface area contributed by atoms with Crippen molar-refractivity contribution in [2.24, 2.45) is 11.7 Å². The Morgan fingerprint density at radius 1 is 1.12 bits per heavy atom. The van der Waals surface area contributed by atoms with Gasteiger partial charge < -0.3 is 21.3 Å². The molecule has 0 fully saturated rings. The van der Waals surface area contributed by atoms with Crippen LogP contribution in [0.1, 0.15) is 45.6 Å². The summed E-state index contributed by atoms with van der Waals surface area (Å²) in [5.41, 5.74) is 12.7. The first-order valence-corrected chi connectivity index (χ1v) is 12.4. The summed E-state index contributed by atoms with van der Waals surface area (Å²) in [5.74, 6) is 0.419. The van der Waals surface area contributed by atoms with Crippen LogP contribution < -0.4 is 21.3 Å². The summed E-state index contributed by atoms with van der Waals surface area (Å²) in [7, 11) is 0. The van der Waals surface area contributed by atoms with Crippen LogP contribution in [0.15, 0.2) is 97.0 Å². The Hall–Kier alpha value is -2.98. The van der Waals surface area contributed by atoms with Crippen molar-refractivity contribution in [3.05, 3.63) is 103 Å². The topological polar surface area (TPSA) is 53.3 Å². The Bertz CT molecular complexity index is 921. The van der Waals surface area contributed by atoms with Gasteiger partial charge in [-0.25, -0.2) is 0 Å². The van der Waals surface area contributed by atoms with Gasteiger partial charge in [-0.2, -0.15) is 0 Å². The van der Waals surface area contributed by atoms with Crippen LogP contribution in [-0.4, -0.2) is 25.7 Å². The lowest BCUT2D eigenvalue weighted by atomic mass is 10.0. The molecule has 4 nitrogen and oxygen atoms in total. The van der Waals surface area contributed by atoms with Crippen molar-refractivity contribution in [1.82, 2.24) is 10.6 Å². The maximum atomic E-state index is 5.71. The summed E-state index contributed by atoms with van der Waals surface area (Å²) in [6.07, 6.45) is 14.8. The van der Waals surface area contributed by atoms with Gasteiger partial charge in [0.2, 0.25) is 0 Å². The maximum Gasteiger partial charge on any atom is 0.0622 e. The van der Waals surface area contributed by atoms with E-state index in [1.807, 2.05) is 0 Å². The predicted molar refractivity (Wildman–Crippen MR) is 150 cm³/mol. The summed E-state index contributed by atoms with van der Waals surface area (Å²) in [5, 5.41) is 6.87. The minimum atomic E-state index is 0.0958. The second-order valence-corrected chi connectivity index (χ2v) is 9.28. The van der Waals surface area contributed by atoms with Crippen LogP contribution in [0.4, 0.5) is 5.69 Å². The number of hydrogen-bond acceptors (Lipinski definition) is 4. The lowest BCUT2D eigenvalue weighted by molar-refractivity contribution is 0.527. The molecular weight excluding hydrogens is 416 g/mol. The van der Waals surface area contributed by atoms with E-state index in [0.29, 0.717) is 12.5 Å². The lowest BCUT2D eigenvalue weighted by Crippen LogP contribution is -2.36. The molecule has 0 heterocycles. The van der Waals surface area contributed by atoms with Crippen LogP contribution in [0, 0.1) is 5.92 Å². The predicted octanol–water partition coefficient (Wildman–Crippen LogP) is 5.98. The Morgan fingerprint density at radius 3 is 2.62 bits per heavy atom. The number of benzene rings is 1. The quantitative estimate of drug-likeness (QED) is 0.301. The summed E-state index contributed by atoms with van der Waals surface area (Å²) in [4.78, 5) is 2.31. The van der Waals surface area contributed by atoms with E-state index in [-0.39, 0.29) is 6.04 Å². The number of anilines is 1. The number of aryl methyl sites for hydroxylation is 1. The fraction of sp³-hybridized carbons (Fsp3) is 0.400. The SMILES string of the molecule is C=C(CCN(C(=C)C)c1ccccc1CCC1=CCC=CC=C1)N[C@H](C)C(=C)NCC(C)CN. The van der Waals surface area contributed by atoms with Crippen molar-refractivity contribution < 1.29 is 0 Å². The molecule has 1 aromatic rings. The lowest BCUT2D eigenvalue weighted by Gasteiger charge is -2.29. The van der Waals surface area contributed by atoms with Gasteiger partial charge in [0, 0.05) is 42.3 Å². The average Bonchev–Trinajstić information content (AvgIpc) is 3.10. The molecule has 4 N–H and O–H groups in total. The van der Waals surface area contributed by atoms with Crippen molar-refractivity contribution in [1.29, 1.82) is 0 Å². The van der Waals surface area contributed by atoms with Crippen molar-refractivity contribution >= 4 is 5.69 Å². The standard InChI is InChI=1S/C30H44N4/c1-23(2)34(20-19-25(4)33-27(6)26(5)32-22-24(3)21-31)30-16-12-11-15-29(30)18-17-28-13-9-7-8-10-14-28/h7-9,11-16,24,27,32-33H,1,4-5,10,17-22,31H2,2-3,6H3/t24?,27-/m1/s1. The van der Waals surface area contributed by atoms with Crippen LogP contribution in [0.3, 0.4) is 0 Å². The summed E-state index contributed by atoms with van der Waals surface area (Å²) in [6, 6.07) is 8.76. The zero-order valence-corrected chi connectivity index (χ0v) is 21.4. The number of hydrogen-bond donors (Lipinski definition) is 3. The summed E-state index contributed by atoms with van der Waals surface area (Å²) in [6.45, 7) is 21.3. The molecule has 0 saturated carbocycles. The molecule has 0 spiro atoms. The van der Waals surface area contributed by atoms with Crippen LogP contribution in [-0.2, 0) is 6.42 Å². The number of rotatable bonds is 15. The van der Waals surface area contributed by atoms with Gasteiger partial charge in [0.25, 0.3) is 0 Å². The van der Waals surface area contributed by atoms with Crippen molar-refractivity contribution in [2.75, 3.05) is 24.5 Å². The fourth-order valence-electron chi connectivity index (χ4n) is 3.84. The van der Waals surface area contributed by atoms with Gasteiger partial charge in [-0.05, 0) is 57.2 Å². The maximum absolute atomic E-state index is 5.71. The largest absolute Gasteiger partial charge is 0.387 e. The van der Waals surface area contributed by atoms with Gasteiger partial charge in [-0.1, -0.05) is 80.8 Å². The highest BCUT2D eigenvalue weighted by Crippen LogP contribution is 2.27. The van der Waals surface area contributed by atoms with E-state index in [0.717, 1.165) is 55.9 Å². The normalized spacial score (nSPS) is 14.5. The molecule has 34 heavy (non-hydrogen) atoms. The molecule has 0 aliphatic heterocycles. The molecule has 1 aliphatic carbocycles. The Kier molecular flexibility index (Phi) is 11.5. The van der Waals surface area contributed by atoms with Gasteiger partial charge in [-0.15, -0.1) is 0 Å². The van der Waals surface area contributed by atoms with Gasteiger partial charge in [0.15, 0.2) is 0 Å². The number of nitrogens with zero attached hydrogens (tertiary/aromatic N) is 1. The third-order valence-electron chi connectivity index (χ3n) is 6.16. The van der Waals surface area contributed by atoms with Gasteiger partial charge >= 0.3 is 0 Å². The van der Waals surface area contributed by atoms with Crippen molar-refractivity contribution in [3.63, 3.8) is 0 Å². The zero-order chi connectivity index (χ0) is 24.9. The van der Waals surface area contributed by atoms with E-state index in [4.69, 9.17) is 5.73 Å². The van der Waals surface area contributed by atoms with Crippen LogP contribution in [0.5, 0.6) is 0 Å². The van der Waals surface area contributed by atoms with Gasteiger partial charge in [-0.3, -0.25) is 0 Å². The first-order chi connectivity index (χ1) is 16.3. The molecule has 1 aliphatic rings. The Labute approximate surface area is 207 Å². The van der Waals surface area contributed by atoms with Crippen LogP contribution >= 0.6 is 0 Å². The number of nitrogens with one attached hydrogen (secondary N) is 2. The molecule has 0 radical (unpaired) electrons. The highest BCUT2D eigenvalue weighted by atomic mass is 15.1. The minimum absolute atomic E-state index is 0.0958. The third-order valence-corrected chi connectivity index (χ3v) is 6.16. The van der Waals surface area contributed by atoms with E-state index in [1.165, 1.54) is 16.8 Å². The first-order valence-electron chi connectivity index (χ1n) is 12.4. The van der Waals surface area contributed by atoms with E-state index >= 15 is 0 Å². The summed E-state index contributed by atoms with van der Waals surface area (Å²) < 4.78 is 0. The minimum Gasteiger partial charge on any atom is -0.387 e. The zero-order valence-electron chi connectivity index (χ0n) is 21.4. The first kappa shape index (κ1) is 27.3. The number of allylic oxidation sites excluding steroid dienone is 7. The highest BCUT2D eigenvalue weighted by Gasteiger charge is 2.14. The van der Waals surface area contributed by atoms with E-state index in [9.17, 15) is 0 Å². The molecule has 184 valence electrons. The number of para-hydroxylation sites is 1. The monoisotopic (exact) mass is 460 g/mol. The summed E-state index contributed by atoms with van der Waals surface area (Å²) >= 11 is 0. The van der Waals surface area contributed by atoms with Crippen molar-refractivity contribution in [2.45, 2.75) is 52.5 Å². The number of nitrogens with two attached hydrogens (primary N) is 1. The molecule has 2 rings (SSSR count). The molecule has 0 saturated heterocycles. The van der Waals surface area contributed by atoms with Gasteiger partial charge in [0.05, 0.1) is 6.04 Å². The molecule has 1 unspecified atom stereocenters. The Balaban J connectivity index is 1.96. The van der Waals surface area contributed by atoms with Crippen LogP contribution in [0.2, 0.25) is 0 Å². The van der Waals surface area contributed by atoms with Crippen molar-refractivity contribution in [3.8, 4) is 0 Å². The molecule has 0 aromatic heterocycles. The van der Waals surface area contributed by atoms with E-state index in [1.54, 1.807) is 0 Å². The molecule has 2 atom stereocenters. The average molecular weight is 461 g/mol. The van der Waals surface area contributed by atoms with Crippen LogP contribution in [0.25, 0.3) is 0 Å². The smallest absolute Gasteiger partial charge is 0.0622 e. The molecule has 1 aromatic carbocycles. The molecule has 0 amide bonds. The molecule has 0 bridgehead atoms. The van der Waals surface area contributed by atoms with Gasteiger partial charge in [0.1, 0.15) is 0 Å². The second kappa shape index (κ2) is 14.3. The second-order valence-electron chi connectivity index (χ2n) is 9.28. The van der Waals surface area contributed by atoms with E-state index in [2.05, 4.69) is 111 Å². The van der Waals surface area contributed by atoms with E-state index < -0.39 is 0 Å². The fourth-order valence-corrected chi connectivity index (χ4v) is 3.84. The Morgan fingerprint density at radius 2 is 1.88 bits per heavy atom. The molecule has 4 heteroatoms.